The summed E-state index contributed by atoms with van der Waals surface area (Å²) in [6.45, 7) is 8.44. The Morgan fingerprint density at radius 2 is 1.29 bits per heavy atom. The third kappa shape index (κ3) is 15.5. The average molecular weight is 594 g/mol. The Balaban J connectivity index is 1.39. The predicted molar refractivity (Wildman–Crippen MR) is 168 cm³/mol. The monoisotopic (exact) mass is 592 g/mol. The van der Waals surface area contributed by atoms with Crippen molar-refractivity contribution < 1.29 is 4.79 Å². The maximum absolute atomic E-state index is 12.5. The number of nitrogens with one attached hydrogen (secondary N) is 1. The van der Waals surface area contributed by atoms with Crippen LogP contribution in [0.1, 0.15) is 133 Å². The summed E-state index contributed by atoms with van der Waals surface area (Å²) < 4.78 is 0. The molecule has 1 N–H and O–H groups in total. The zero-order chi connectivity index (χ0) is 27.1. The van der Waals surface area contributed by atoms with Gasteiger partial charge < -0.3 is 10.2 Å². The number of hydrogen-bond donors (Lipinski definition) is 1. The quantitative estimate of drug-likeness (QED) is 0.102. The van der Waals surface area contributed by atoms with Crippen LogP contribution in [0.2, 0.25) is 0 Å². The first-order chi connectivity index (χ1) is 18.7. The first kappa shape index (κ1) is 33.1. The van der Waals surface area contributed by atoms with E-state index in [2.05, 4.69) is 43.0 Å². The van der Waals surface area contributed by atoms with Gasteiger partial charge in [-0.3, -0.25) is 9.69 Å². The lowest BCUT2D eigenvalue weighted by Crippen LogP contribution is -2.46. The van der Waals surface area contributed by atoms with E-state index < -0.39 is 0 Å². The van der Waals surface area contributed by atoms with Crippen molar-refractivity contribution in [3.05, 3.63) is 23.9 Å². The molecule has 6 heteroatoms. The van der Waals surface area contributed by atoms with Crippen molar-refractivity contribution in [1.29, 1.82) is 0 Å². The fraction of sp³-hybridized carbons (Fsp3) is 0.812. The topological polar surface area (TPSA) is 48.5 Å². The number of anilines is 1. The lowest BCUT2D eigenvalue weighted by atomic mass is 10.0. The summed E-state index contributed by atoms with van der Waals surface area (Å²) in [5.74, 6) is 0.992. The van der Waals surface area contributed by atoms with Gasteiger partial charge in [0.25, 0.3) is 5.91 Å². The minimum absolute atomic E-state index is 0.00286. The van der Waals surface area contributed by atoms with Gasteiger partial charge in [-0.05, 0) is 37.9 Å². The van der Waals surface area contributed by atoms with E-state index in [1.807, 2.05) is 12.1 Å². The fourth-order valence-corrected chi connectivity index (χ4v) is 5.68. The Labute approximate surface area is 243 Å². The van der Waals surface area contributed by atoms with Gasteiger partial charge in [-0.1, -0.05) is 119 Å². The van der Waals surface area contributed by atoms with Crippen molar-refractivity contribution in [3.63, 3.8) is 0 Å². The maximum atomic E-state index is 12.5. The molecular weight excluding hydrogens is 536 g/mol. The van der Waals surface area contributed by atoms with E-state index in [9.17, 15) is 4.79 Å². The number of hydrogen-bond acceptors (Lipinski definition) is 4. The molecule has 1 saturated heterocycles. The molecule has 0 bridgehead atoms. The molecule has 0 saturated carbocycles. The molecule has 0 radical (unpaired) electrons. The Morgan fingerprint density at radius 3 is 1.76 bits per heavy atom. The fourth-order valence-electron chi connectivity index (χ4n) is 5.29. The van der Waals surface area contributed by atoms with Crippen LogP contribution in [-0.2, 0) is 0 Å². The highest BCUT2D eigenvalue weighted by Gasteiger charge is 2.17. The largest absolute Gasteiger partial charge is 0.354 e. The van der Waals surface area contributed by atoms with E-state index in [-0.39, 0.29) is 5.91 Å². The number of amides is 1. The zero-order valence-corrected chi connectivity index (χ0v) is 26.1. The Morgan fingerprint density at radius 1 is 0.763 bits per heavy atom. The molecule has 218 valence electrons. The molecule has 0 unspecified atom stereocenters. The summed E-state index contributed by atoms with van der Waals surface area (Å²) in [5, 5.41) is 4.24. The molecule has 1 amide bonds. The predicted octanol–water partition coefficient (Wildman–Crippen LogP) is 8.37. The lowest BCUT2D eigenvalue weighted by Gasteiger charge is -2.35. The summed E-state index contributed by atoms with van der Waals surface area (Å²) in [6, 6.07) is 3.93. The van der Waals surface area contributed by atoms with Crippen LogP contribution in [0.4, 0.5) is 5.82 Å². The van der Waals surface area contributed by atoms with Gasteiger partial charge in [0.2, 0.25) is 0 Å². The van der Waals surface area contributed by atoms with Crippen molar-refractivity contribution in [1.82, 2.24) is 15.2 Å². The Bertz CT molecular complexity index is 691. The molecule has 5 nitrogen and oxygen atoms in total. The molecule has 0 aromatic carbocycles. The highest BCUT2D eigenvalue weighted by molar-refractivity contribution is 9.09. The van der Waals surface area contributed by atoms with Crippen LogP contribution in [0, 0.1) is 0 Å². The van der Waals surface area contributed by atoms with Crippen LogP contribution in [0.5, 0.6) is 0 Å². The third-order valence-electron chi connectivity index (χ3n) is 7.88. The second-order valence-electron chi connectivity index (χ2n) is 11.2. The summed E-state index contributed by atoms with van der Waals surface area (Å²) >= 11 is 3.51. The van der Waals surface area contributed by atoms with Gasteiger partial charge in [-0.2, -0.15) is 0 Å². The van der Waals surface area contributed by atoms with Crippen LogP contribution in [0.25, 0.3) is 0 Å². The molecule has 0 atom stereocenters. The molecule has 1 aromatic rings. The summed E-state index contributed by atoms with van der Waals surface area (Å²) in [6.07, 6.45) is 26.0. The standard InChI is InChI=1S/C32H57BrN4O/c1-2-3-24-36-25-27-37(28-26-36)31-21-20-30(29-35-31)32(38)34-23-19-17-15-13-11-9-7-5-4-6-8-10-12-14-16-18-22-33/h20-21,29H,2-19,22-28H2,1H3,(H,34,38). The van der Waals surface area contributed by atoms with Gasteiger partial charge in [0.05, 0.1) is 5.56 Å². The molecule has 1 aliphatic rings. The number of aromatic nitrogens is 1. The van der Waals surface area contributed by atoms with Crippen molar-refractivity contribution in [2.45, 2.75) is 122 Å². The summed E-state index contributed by atoms with van der Waals surface area (Å²) in [4.78, 5) is 21.9. The van der Waals surface area contributed by atoms with Crippen LogP contribution >= 0.6 is 15.9 Å². The van der Waals surface area contributed by atoms with E-state index in [0.717, 1.165) is 50.3 Å². The van der Waals surface area contributed by atoms with Gasteiger partial charge in [-0.15, -0.1) is 0 Å². The number of alkyl halides is 1. The highest BCUT2D eigenvalue weighted by atomic mass is 79.9. The summed E-state index contributed by atoms with van der Waals surface area (Å²) in [5.41, 5.74) is 0.667. The first-order valence-corrected chi connectivity index (χ1v) is 17.1. The first-order valence-electron chi connectivity index (χ1n) is 16.0. The van der Waals surface area contributed by atoms with Crippen LogP contribution < -0.4 is 10.2 Å². The molecule has 1 fully saturated rings. The zero-order valence-electron chi connectivity index (χ0n) is 24.5. The SMILES string of the molecule is CCCCN1CCN(c2ccc(C(=O)NCCCCCCCCCCCCCCCCCCBr)cn2)CC1. The number of pyridine rings is 1. The lowest BCUT2D eigenvalue weighted by molar-refractivity contribution is 0.0952. The normalized spacial score (nSPS) is 14.2. The molecule has 0 spiro atoms. The number of carbonyl (C=O) groups excluding carboxylic acids is 1. The van der Waals surface area contributed by atoms with Crippen molar-refractivity contribution >= 4 is 27.7 Å². The molecule has 38 heavy (non-hydrogen) atoms. The van der Waals surface area contributed by atoms with Gasteiger partial charge in [0, 0.05) is 44.3 Å². The van der Waals surface area contributed by atoms with Crippen LogP contribution in [0.15, 0.2) is 18.3 Å². The second-order valence-corrected chi connectivity index (χ2v) is 12.0. The van der Waals surface area contributed by atoms with Crippen molar-refractivity contribution in [3.8, 4) is 0 Å². The number of unbranched alkanes of at least 4 members (excludes halogenated alkanes) is 16. The van der Waals surface area contributed by atoms with E-state index in [4.69, 9.17) is 0 Å². The number of nitrogens with zero attached hydrogens (tertiary/aromatic N) is 3. The van der Waals surface area contributed by atoms with Crippen LogP contribution in [0.3, 0.4) is 0 Å². The Kier molecular flexibility index (Phi) is 19.7. The van der Waals surface area contributed by atoms with Crippen molar-refractivity contribution in [2.24, 2.45) is 0 Å². The third-order valence-corrected chi connectivity index (χ3v) is 8.44. The Hall–Kier alpha value is -1.14. The van der Waals surface area contributed by atoms with Gasteiger partial charge in [0.15, 0.2) is 0 Å². The van der Waals surface area contributed by atoms with Crippen LogP contribution in [-0.4, -0.2) is 60.4 Å². The smallest absolute Gasteiger partial charge is 0.252 e. The van der Waals surface area contributed by atoms with E-state index in [0.29, 0.717) is 5.56 Å². The number of carbonyl (C=O) groups is 1. The number of piperazine rings is 1. The van der Waals surface area contributed by atoms with Gasteiger partial charge in [-0.25, -0.2) is 4.98 Å². The van der Waals surface area contributed by atoms with E-state index >= 15 is 0 Å². The van der Waals surface area contributed by atoms with Crippen molar-refractivity contribution in [2.75, 3.05) is 49.5 Å². The molecule has 2 rings (SSSR count). The number of rotatable bonds is 23. The minimum Gasteiger partial charge on any atom is -0.354 e. The average Bonchev–Trinajstić information content (AvgIpc) is 2.95. The molecule has 0 aliphatic carbocycles. The van der Waals surface area contributed by atoms with Gasteiger partial charge >= 0.3 is 0 Å². The highest BCUT2D eigenvalue weighted by Crippen LogP contribution is 2.16. The molecular formula is C32H57BrN4O. The molecule has 2 heterocycles. The minimum atomic E-state index is 0.00286. The van der Waals surface area contributed by atoms with Gasteiger partial charge in [0.1, 0.15) is 5.82 Å². The molecule has 1 aromatic heterocycles. The molecule has 1 aliphatic heterocycles. The number of halogens is 1. The van der Waals surface area contributed by atoms with E-state index in [1.165, 1.54) is 116 Å². The maximum Gasteiger partial charge on any atom is 0.252 e. The van der Waals surface area contributed by atoms with E-state index in [1.54, 1.807) is 6.20 Å². The summed E-state index contributed by atoms with van der Waals surface area (Å²) in [7, 11) is 0. The second kappa shape index (κ2) is 22.7.